The average Bonchev–Trinajstić information content (AvgIpc) is 3.01. The molecule has 0 amide bonds. The number of para-hydroxylation sites is 1. The van der Waals surface area contributed by atoms with Crippen LogP contribution in [0.2, 0.25) is 0 Å². The molecule has 4 nitrogen and oxygen atoms in total. The number of aromatic nitrogens is 2. The van der Waals surface area contributed by atoms with Crippen LogP contribution in [0, 0.1) is 0 Å². The summed E-state index contributed by atoms with van der Waals surface area (Å²) in [5.74, 6) is -0.864. The number of hydrogen-bond donors (Lipinski definition) is 1. The van der Waals surface area contributed by atoms with Crippen LogP contribution in [0.1, 0.15) is 19.5 Å². The first-order valence-electron chi connectivity index (χ1n) is 7.52. The first-order valence-corrected chi connectivity index (χ1v) is 7.52. The maximum Gasteiger partial charge on any atom is 0.315 e. The highest BCUT2D eigenvalue weighted by molar-refractivity contribution is 6.11. The van der Waals surface area contributed by atoms with Crippen LogP contribution >= 0.6 is 0 Å². The van der Waals surface area contributed by atoms with E-state index < -0.39 is 11.4 Å². The third-order valence-corrected chi connectivity index (χ3v) is 4.54. The Labute approximate surface area is 133 Å². The van der Waals surface area contributed by atoms with E-state index in [0.717, 1.165) is 27.3 Å². The van der Waals surface area contributed by atoms with E-state index >= 15 is 0 Å². The fraction of sp³-hybridized carbons (Fsp3) is 0.158. The van der Waals surface area contributed by atoms with E-state index in [0.29, 0.717) is 5.69 Å². The minimum Gasteiger partial charge on any atom is -0.481 e. The largest absolute Gasteiger partial charge is 0.481 e. The van der Waals surface area contributed by atoms with Crippen molar-refractivity contribution in [1.82, 2.24) is 9.38 Å². The van der Waals surface area contributed by atoms with Crippen molar-refractivity contribution in [2.24, 2.45) is 0 Å². The van der Waals surface area contributed by atoms with E-state index in [1.54, 1.807) is 20.0 Å². The van der Waals surface area contributed by atoms with Crippen molar-refractivity contribution in [3.63, 3.8) is 0 Å². The van der Waals surface area contributed by atoms with Gasteiger partial charge in [0.15, 0.2) is 0 Å². The van der Waals surface area contributed by atoms with Crippen LogP contribution in [0.15, 0.2) is 54.7 Å². The van der Waals surface area contributed by atoms with Crippen LogP contribution in [-0.4, -0.2) is 20.5 Å². The highest BCUT2D eigenvalue weighted by Crippen LogP contribution is 2.33. The van der Waals surface area contributed by atoms with Crippen molar-refractivity contribution in [3.05, 3.63) is 60.4 Å². The number of pyridine rings is 1. The van der Waals surface area contributed by atoms with Gasteiger partial charge in [-0.3, -0.25) is 9.20 Å². The van der Waals surface area contributed by atoms with Gasteiger partial charge < -0.3 is 5.11 Å². The van der Waals surface area contributed by atoms with E-state index in [2.05, 4.69) is 17.1 Å². The molecular formula is C19H16N2O2. The lowest BCUT2D eigenvalue weighted by molar-refractivity contribution is -0.142. The predicted octanol–water partition coefficient (Wildman–Crippen LogP) is 4.00. The summed E-state index contributed by atoms with van der Waals surface area (Å²) in [6.07, 6.45) is 1.68. The smallest absolute Gasteiger partial charge is 0.315 e. The van der Waals surface area contributed by atoms with E-state index in [9.17, 15) is 9.90 Å². The summed E-state index contributed by atoms with van der Waals surface area (Å²) in [5, 5.41) is 12.9. The zero-order valence-corrected chi connectivity index (χ0v) is 12.9. The van der Waals surface area contributed by atoms with Crippen molar-refractivity contribution in [2.75, 3.05) is 0 Å². The molecule has 0 spiro atoms. The highest BCUT2D eigenvalue weighted by Gasteiger charge is 2.33. The maximum absolute atomic E-state index is 11.7. The summed E-state index contributed by atoms with van der Waals surface area (Å²) in [6.45, 7) is 3.42. The van der Waals surface area contributed by atoms with Gasteiger partial charge in [-0.15, -0.1) is 0 Å². The van der Waals surface area contributed by atoms with Gasteiger partial charge in [-0.1, -0.05) is 42.5 Å². The fourth-order valence-corrected chi connectivity index (χ4v) is 3.15. The Bertz CT molecular complexity index is 1080. The average molecular weight is 304 g/mol. The normalized spacial score (nSPS) is 12.3. The quantitative estimate of drug-likeness (QED) is 0.569. The van der Waals surface area contributed by atoms with Crippen LogP contribution in [-0.2, 0) is 10.2 Å². The predicted molar refractivity (Wildman–Crippen MR) is 90.9 cm³/mol. The molecule has 0 unspecified atom stereocenters. The molecular weight excluding hydrogens is 288 g/mol. The summed E-state index contributed by atoms with van der Waals surface area (Å²) in [4.78, 5) is 16.3. The molecule has 0 atom stereocenters. The van der Waals surface area contributed by atoms with Crippen molar-refractivity contribution in [1.29, 1.82) is 0 Å². The molecule has 4 heteroatoms. The third kappa shape index (κ3) is 1.78. The number of benzene rings is 2. The second kappa shape index (κ2) is 4.56. The summed E-state index contributed by atoms with van der Waals surface area (Å²) in [6, 6.07) is 16.1. The van der Waals surface area contributed by atoms with Gasteiger partial charge in [-0.2, -0.15) is 0 Å². The number of hydrogen-bond acceptors (Lipinski definition) is 2. The third-order valence-electron chi connectivity index (χ3n) is 4.54. The molecule has 0 aliphatic carbocycles. The summed E-state index contributed by atoms with van der Waals surface area (Å²) in [5.41, 5.74) is 1.43. The molecule has 4 aromatic rings. The lowest BCUT2D eigenvalue weighted by Crippen LogP contribution is -2.30. The number of imidazole rings is 1. The van der Waals surface area contributed by atoms with Gasteiger partial charge in [0.2, 0.25) is 0 Å². The minimum absolute atomic E-state index is 0.682. The fourth-order valence-electron chi connectivity index (χ4n) is 3.15. The zero-order chi connectivity index (χ0) is 16.2. The van der Waals surface area contributed by atoms with Gasteiger partial charge in [-0.05, 0) is 25.3 Å². The lowest BCUT2D eigenvalue weighted by atomic mass is 9.90. The van der Waals surface area contributed by atoms with E-state index in [1.807, 2.05) is 40.8 Å². The molecule has 2 heterocycles. The molecule has 0 aliphatic heterocycles. The van der Waals surface area contributed by atoms with Gasteiger partial charge in [0.1, 0.15) is 11.1 Å². The Morgan fingerprint density at radius 3 is 2.30 bits per heavy atom. The minimum atomic E-state index is -1.02. The topological polar surface area (TPSA) is 54.6 Å². The Balaban J connectivity index is 2.29. The Morgan fingerprint density at radius 2 is 1.61 bits per heavy atom. The molecule has 114 valence electrons. The van der Waals surface area contributed by atoms with Crippen LogP contribution in [0.3, 0.4) is 0 Å². The van der Waals surface area contributed by atoms with Crippen LogP contribution in [0.25, 0.3) is 27.3 Å². The van der Waals surface area contributed by atoms with Gasteiger partial charge in [0, 0.05) is 10.8 Å². The number of aliphatic carboxylic acids is 1. The van der Waals surface area contributed by atoms with Crippen molar-refractivity contribution < 1.29 is 9.90 Å². The van der Waals surface area contributed by atoms with Gasteiger partial charge in [-0.25, -0.2) is 4.98 Å². The molecule has 0 fully saturated rings. The molecule has 0 saturated heterocycles. The van der Waals surface area contributed by atoms with Gasteiger partial charge in [0.25, 0.3) is 0 Å². The van der Waals surface area contributed by atoms with Crippen molar-refractivity contribution in [2.45, 2.75) is 19.3 Å². The zero-order valence-electron chi connectivity index (χ0n) is 12.9. The molecule has 0 aliphatic rings. The lowest BCUT2D eigenvalue weighted by Gasteiger charge is -2.20. The van der Waals surface area contributed by atoms with Crippen molar-refractivity contribution in [3.8, 4) is 0 Å². The van der Waals surface area contributed by atoms with Crippen LogP contribution in [0.5, 0.6) is 0 Å². The Kier molecular flexibility index (Phi) is 2.73. The number of nitrogens with zero attached hydrogens (tertiary/aromatic N) is 2. The molecule has 1 N–H and O–H groups in total. The van der Waals surface area contributed by atoms with Crippen LogP contribution < -0.4 is 0 Å². The number of carbonyl (C=O) groups is 1. The monoisotopic (exact) mass is 304 g/mol. The summed E-state index contributed by atoms with van der Waals surface area (Å²) in [7, 11) is 0. The molecule has 0 bridgehead atoms. The van der Waals surface area contributed by atoms with Gasteiger partial charge in [0.05, 0.1) is 17.4 Å². The second-order valence-electron chi connectivity index (χ2n) is 6.30. The summed E-state index contributed by atoms with van der Waals surface area (Å²) >= 11 is 0. The Morgan fingerprint density at radius 1 is 1.00 bits per heavy atom. The first kappa shape index (κ1) is 13.8. The van der Waals surface area contributed by atoms with Crippen LogP contribution in [0.4, 0.5) is 0 Å². The second-order valence-corrected chi connectivity index (χ2v) is 6.30. The standard InChI is InChI=1S/C19H16N2O2/c1-19(2,18(22)23)16-11-20-17-14-9-4-3-7-12(14)13-8-5-6-10-15(13)21(16)17/h3-11H,1-2H3,(H,22,23). The Hall–Kier alpha value is -2.88. The first-order chi connectivity index (χ1) is 11.0. The molecule has 0 radical (unpaired) electrons. The number of fused-ring (bicyclic) bond motifs is 6. The maximum atomic E-state index is 11.7. The molecule has 2 aromatic carbocycles. The van der Waals surface area contributed by atoms with E-state index in [-0.39, 0.29) is 0 Å². The molecule has 4 rings (SSSR count). The SMILES string of the molecule is CC(C)(C(=O)O)c1cnc2c3ccccc3c3ccccc3n12. The number of carboxylic acids is 1. The van der Waals surface area contributed by atoms with E-state index in [1.165, 1.54) is 0 Å². The molecule has 23 heavy (non-hydrogen) atoms. The molecule has 0 saturated carbocycles. The molecule has 2 aromatic heterocycles. The number of carboxylic acid groups (broad SMARTS) is 1. The summed E-state index contributed by atoms with van der Waals surface area (Å²) < 4.78 is 1.98. The number of rotatable bonds is 2. The van der Waals surface area contributed by atoms with E-state index in [4.69, 9.17) is 0 Å². The van der Waals surface area contributed by atoms with Crippen molar-refractivity contribution >= 4 is 33.3 Å². The highest BCUT2D eigenvalue weighted by atomic mass is 16.4. The van der Waals surface area contributed by atoms with Gasteiger partial charge >= 0.3 is 5.97 Å².